The summed E-state index contributed by atoms with van der Waals surface area (Å²) in [6.45, 7) is 0.488. The normalized spacial score (nSPS) is 15.2. The van der Waals surface area contributed by atoms with Gasteiger partial charge < -0.3 is 9.64 Å². The Labute approximate surface area is 177 Å². The summed E-state index contributed by atoms with van der Waals surface area (Å²) in [6, 6.07) is 10.8. The molecule has 2 aromatic carbocycles. The van der Waals surface area contributed by atoms with Crippen molar-refractivity contribution < 1.29 is 22.9 Å². The molecule has 0 saturated carbocycles. The van der Waals surface area contributed by atoms with Crippen molar-refractivity contribution in [2.24, 2.45) is 0 Å². The van der Waals surface area contributed by atoms with E-state index < -0.39 is 20.6 Å². The summed E-state index contributed by atoms with van der Waals surface area (Å²) in [7, 11) is -2.69. The number of carbonyl (C=O) groups excluding carboxylic acids is 1. The number of ether oxygens (including phenoxy) is 1. The van der Waals surface area contributed by atoms with Crippen LogP contribution in [0.5, 0.6) is 5.75 Å². The van der Waals surface area contributed by atoms with Crippen LogP contribution in [0.15, 0.2) is 47.4 Å². The van der Waals surface area contributed by atoms with Crippen LogP contribution < -0.4 is 4.74 Å². The van der Waals surface area contributed by atoms with Gasteiger partial charge in [0.1, 0.15) is 0 Å². The van der Waals surface area contributed by atoms with E-state index in [9.17, 15) is 23.3 Å². The van der Waals surface area contributed by atoms with E-state index in [1.165, 1.54) is 23.5 Å². The first-order valence-electron chi connectivity index (χ1n) is 9.38. The monoisotopic (exact) mass is 445 g/mol. The summed E-state index contributed by atoms with van der Waals surface area (Å²) in [5.41, 5.74) is 0.605. The first kappa shape index (κ1) is 20.8. The van der Waals surface area contributed by atoms with Crippen molar-refractivity contribution in [3.63, 3.8) is 0 Å². The zero-order valence-electron chi connectivity index (χ0n) is 16.5. The molecule has 0 atom stereocenters. The van der Waals surface area contributed by atoms with E-state index in [-0.39, 0.29) is 48.4 Å². The van der Waals surface area contributed by atoms with E-state index in [0.29, 0.717) is 5.39 Å². The van der Waals surface area contributed by atoms with Gasteiger partial charge in [-0.1, -0.05) is 18.2 Å². The highest BCUT2D eigenvalue weighted by Gasteiger charge is 2.33. The number of fused-ring (bicyclic) bond motifs is 1. The molecular formula is C19H19N5O6S. The lowest BCUT2D eigenvalue weighted by Crippen LogP contribution is -2.50. The topological polar surface area (TPSA) is 139 Å². The lowest BCUT2D eigenvalue weighted by Gasteiger charge is -2.33. The zero-order chi connectivity index (χ0) is 22.2. The Morgan fingerprint density at radius 1 is 1.16 bits per heavy atom. The average Bonchev–Trinajstić information content (AvgIpc) is 3.22. The number of methoxy groups -OCH3 is 1. The third-order valence-electron chi connectivity index (χ3n) is 5.18. The number of piperazine rings is 1. The standard InChI is InChI=1S/C19H19N5O6S/c1-30-17-7-6-13(12-16(17)24(26)27)31(28,29)23-10-8-22(9-11-23)19(25)18-14-4-2-3-5-15(14)20-21-18/h2-7,12H,8-11H2,1H3,(H,20,21). The quantitative estimate of drug-likeness (QED) is 0.465. The van der Waals surface area contributed by atoms with Gasteiger partial charge in [-0.3, -0.25) is 20.0 Å². The van der Waals surface area contributed by atoms with Crippen LogP contribution in [0.25, 0.3) is 10.9 Å². The van der Waals surface area contributed by atoms with Crippen LogP contribution in [0.4, 0.5) is 5.69 Å². The van der Waals surface area contributed by atoms with Gasteiger partial charge in [0.15, 0.2) is 11.4 Å². The number of amides is 1. The highest BCUT2D eigenvalue weighted by Crippen LogP contribution is 2.31. The highest BCUT2D eigenvalue weighted by molar-refractivity contribution is 7.89. The molecule has 1 saturated heterocycles. The van der Waals surface area contributed by atoms with Crippen LogP contribution in [0.3, 0.4) is 0 Å². The van der Waals surface area contributed by atoms with Gasteiger partial charge in [0.2, 0.25) is 10.0 Å². The van der Waals surface area contributed by atoms with Crippen molar-refractivity contribution in [1.82, 2.24) is 19.4 Å². The third kappa shape index (κ3) is 3.70. The second-order valence-corrected chi connectivity index (χ2v) is 8.84. The van der Waals surface area contributed by atoms with Crippen molar-refractivity contribution in [2.45, 2.75) is 4.90 Å². The minimum absolute atomic E-state index is 0.0226. The molecule has 3 aromatic rings. The van der Waals surface area contributed by atoms with Gasteiger partial charge in [-0.05, 0) is 18.2 Å². The fourth-order valence-corrected chi connectivity index (χ4v) is 4.97. The Hall–Kier alpha value is -3.51. The first-order valence-corrected chi connectivity index (χ1v) is 10.8. The zero-order valence-corrected chi connectivity index (χ0v) is 17.3. The first-order chi connectivity index (χ1) is 14.8. The van der Waals surface area contributed by atoms with Crippen molar-refractivity contribution >= 4 is 32.5 Å². The number of nitrogens with zero attached hydrogens (tertiary/aromatic N) is 4. The van der Waals surface area contributed by atoms with Crippen LogP contribution in [-0.4, -0.2) is 71.9 Å². The highest BCUT2D eigenvalue weighted by atomic mass is 32.2. The molecule has 31 heavy (non-hydrogen) atoms. The van der Waals surface area contributed by atoms with E-state index in [1.807, 2.05) is 18.2 Å². The molecule has 1 fully saturated rings. The van der Waals surface area contributed by atoms with Crippen molar-refractivity contribution in [2.75, 3.05) is 33.3 Å². The molecule has 0 unspecified atom stereocenters. The molecule has 1 N–H and O–H groups in total. The molecule has 1 aliphatic rings. The lowest BCUT2D eigenvalue weighted by atomic mass is 10.2. The van der Waals surface area contributed by atoms with E-state index in [0.717, 1.165) is 11.6 Å². The van der Waals surface area contributed by atoms with Gasteiger partial charge in [0, 0.05) is 37.6 Å². The van der Waals surface area contributed by atoms with Crippen LogP contribution in [0.2, 0.25) is 0 Å². The summed E-state index contributed by atoms with van der Waals surface area (Å²) in [4.78, 5) is 24.8. The fourth-order valence-electron chi connectivity index (χ4n) is 3.53. The van der Waals surface area contributed by atoms with Crippen molar-refractivity contribution in [3.05, 3.63) is 58.3 Å². The maximum atomic E-state index is 13.0. The third-order valence-corrected chi connectivity index (χ3v) is 7.08. The Morgan fingerprint density at radius 2 is 1.87 bits per heavy atom. The van der Waals surface area contributed by atoms with Gasteiger partial charge in [-0.25, -0.2) is 8.42 Å². The number of hydrogen-bond donors (Lipinski definition) is 1. The number of aromatic nitrogens is 2. The predicted molar refractivity (Wildman–Crippen MR) is 110 cm³/mol. The molecule has 1 amide bonds. The number of nitrogens with one attached hydrogen (secondary N) is 1. The molecule has 0 aliphatic carbocycles. The van der Waals surface area contributed by atoms with Crippen LogP contribution in [0.1, 0.15) is 10.5 Å². The van der Waals surface area contributed by atoms with Gasteiger partial charge in [-0.2, -0.15) is 9.40 Å². The molecule has 1 aliphatic heterocycles. The Kier molecular flexibility index (Phi) is 5.33. The number of carbonyl (C=O) groups is 1. The maximum Gasteiger partial charge on any atom is 0.312 e. The largest absolute Gasteiger partial charge is 0.490 e. The Balaban J connectivity index is 1.51. The van der Waals surface area contributed by atoms with Gasteiger partial charge in [0.25, 0.3) is 5.91 Å². The summed E-state index contributed by atoms with van der Waals surface area (Å²) in [6.07, 6.45) is 0. The number of aromatic amines is 1. The van der Waals surface area contributed by atoms with E-state index in [4.69, 9.17) is 4.74 Å². The van der Waals surface area contributed by atoms with Crippen molar-refractivity contribution in [1.29, 1.82) is 0 Å². The number of H-pyrrole nitrogens is 1. The molecule has 1 aromatic heterocycles. The van der Waals surface area contributed by atoms with Gasteiger partial charge >= 0.3 is 5.69 Å². The Morgan fingerprint density at radius 3 is 2.55 bits per heavy atom. The number of para-hydroxylation sites is 1. The Bertz CT molecular complexity index is 1260. The molecule has 0 spiro atoms. The number of benzene rings is 2. The molecule has 0 bridgehead atoms. The number of hydrogen-bond acceptors (Lipinski definition) is 7. The molecule has 11 nitrogen and oxygen atoms in total. The SMILES string of the molecule is COc1ccc(S(=O)(=O)N2CCN(C(=O)c3n[nH]c4ccccc34)CC2)cc1[N+](=O)[O-]. The summed E-state index contributed by atoms with van der Waals surface area (Å²) < 4.78 is 32.1. The van der Waals surface area contributed by atoms with Crippen LogP contribution >= 0.6 is 0 Å². The van der Waals surface area contributed by atoms with Crippen molar-refractivity contribution in [3.8, 4) is 5.75 Å². The minimum Gasteiger partial charge on any atom is -0.490 e. The number of nitro benzene ring substituents is 1. The second-order valence-electron chi connectivity index (χ2n) is 6.90. The maximum absolute atomic E-state index is 13.0. The average molecular weight is 445 g/mol. The smallest absolute Gasteiger partial charge is 0.312 e. The number of rotatable bonds is 5. The van der Waals surface area contributed by atoms with E-state index in [2.05, 4.69) is 10.2 Å². The van der Waals surface area contributed by atoms with E-state index in [1.54, 1.807) is 11.0 Å². The van der Waals surface area contributed by atoms with Crippen LogP contribution in [0, 0.1) is 10.1 Å². The molecule has 0 radical (unpaired) electrons. The second kappa shape index (κ2) is 7.96. The number of sulfonamides is 1. The predicted octanol–water partition coefficient (Wildman–Crippen LogP) is 1.63. The molecule has 162 valence electrons. The number of nitro groups is 1. The van der Waals surface area contributed by atoms with Crippen LogP contribution in [-0.2, 0) is 10.0 Å². The molecule has 4 rings (SSSR count). The van der Waals surface area contributed by atoms with Gasteiger partial charge in [-0.15, -0.1) is 0 Å². The fraction of sp³-hybridized carbons (Fsp3) is 0.263. The van der Waals surface area contributed by atoms with E-state index >= 15 is 0 Å². The molecular weight excluding hydrogens is 426 g/mol. The lowest BCUT2D eigenvalue weighted by molar-refractivity contribution is -0.386. The summed E-state index contributed by atoms with van der Waals surface area (Å²) in [5, 5.41) is 18.8. The molecule has 12 heteroatoms. The summed E-state index contributed by atoms with van der Waals surface area (Å²) >= 11 is 0. The van der Waals surface area contributed by atoms with Gasteiger partial charge in [0.05, 0.1) is 22.4 Å². The summed E-state index contributed by atoms with van der Waals surface area (Å²) in [5.74, 6) is -0.305. The minimum atomic E-state index is -3.97. The molecule has 2 heterocycles.